The van der Waals surface area contributed by atoms with Crippen molar-refractivity contribution < 1.29 is 9.53 Å². The fourth-order valence-electron chi connectivity index (χ4n) is 3.79. The summed E-state index contributed by atoms with van der Waals surface area (Å²) >= 11 is 3.59. The van der Waals surface area contributed by atoms with Gasteiger partial charge in [-0.3, -0.25) is 4.79 Å². The van der Waals surface area contributed by atoms with Crippen molar-refractivity contribution in [1.29, 1.82) is 0 Å². The van der Waals surface area contributed by atoms with Crippen molar-refractivity contribution in [3.05, 3.63) is 46.9 Å². The molecular weight excluding hydrogens is 460 g/mol. The summed E-state index contributed by atoms with van der Waals surface area (Å²) in [6.45, 7) is 0.702. The third kappa shape index (κ3) is 3.69. The summed E-state index contributed by atoms with van der Waals surface area (Å²) in [5.74, 6) is 1.81. The van der Waals surface area contributed by atoms with Crippen LogP contribution in [-0.2, 0) is 4.79 Å². The van der Waals surface area contributed by atoms with Gasteiger partial charge in [0.2, 0.25) is 11.9 Å². The van der Waals surface area contributed by atoms with Crippen LogP contribution in [-0.4, -0.2) is 45.2 Å². The summed E-state index contributed by atoms with van der Waals surface area (Å²) < 4.78 is 7.79. The smallest absolute Gasteiger partial charge is 0.242 e. The van der Waals surface area contributed by atoms with E-state index in [2.05, 4.69) is 26.6 Å². The molecule has 3 heterocycles. The predicted molar refractivity (Wildman–Crippen MR) is 122 cm³/mol. The van der Waals surface area contributed by atoms with E-state index in [0.717, 1.165) is 46.0 Å². The molecule has 0 saturated carbocycles. The first-order chi connectivity index (χ1) is 15.1. The molecule has 0 radical (unpaired) electrons. The van der Waals surface area contributed by atoms with E-state index in [9.17, 15) is 4.79 Å². The van der Waals surface area contributed by atoms with Gasteiger partial charge in [0.1, 0.15) is 11.8 Å². The second-order valence-corrected chi connectivity index (χ2v) is 8.31. The zero-order valence-electron chi connectivity index (χ0n) is 16.9. The third-order valence-corrected chi connectivity index (χ3v) is 6.08. The number of amides is 1. The molecule has 2 aromatic heterocycles. The van der Waals surface area contributed by atoms with Crippen LogP contribution in [0.2, 0.25) is 0 Å². The van der Waals surface area contributed by atoms with E-state index in [-0.39, 0.29) is 11.9 Å². The van der Waals surface area contributed by atoms with Crippen LogP contribution >= 0.6 is 15.9 Å². The largest absolute Gasteiger partial charge is 0.497 e. The van der Waals surface area contributed by atoms with E-state index in [1.807, 2.05) is 42.5 Å². The van der Waals surface area contributed by atoms with E-state index in [4.69, 9.17) is 19.8 Å². The Hall–Kier alpha value is -3.20. The molecule has 1 fully saturated rings. The van der Waals surface area contributed by atoms with Crippen LogP contribution in [0.5, 0.6) is 5.75 Å². The molecule has 1 amide bonds. The monoisotopic (exact) mass is 480 g/mol. The number of nitrogens with zero attached hydrogens (tertiary/aromatic N) is 4. The van der Waals surface area contributed by atoms with Crippen molar-refractivity contribution in [2.45, 2.75) is 25.3 Å². The van der Waals surface area contributed by atoms with Crippen LogP contribution in [0.4, 0.5) is 5.95 Å². The topological polar surface area (TPSA) is 93.4 Å². The number of benzene rings is 2. The molecule has 31 heavy (non-hydrogen) atoms. The highest BCUT2D eigenvalue weighted by atomic mass is 79.9. The minimum atomic E-state index is -0.369. The number of carbonyl (C=O) groups excluding carboxylic acids is 1. The average Bonchev–Trinajstić information content (AvgIpc) is 3.15. The van der Waals surface area contributed by atoms with Crippen molar-refractivity contribution in [2.24, 2.45) is 0 Å². The Balaban J connectivity index is 1.66. The highest BCUT2D eigenvalue weighted by Gasteiger charge is 2.23. The van der Waals surface area contributed by atoms with E-state index in [1.54, 1.807) is 11.6 Å². The normalized spacial score (nSPS) is 16.8. The van der Waals surface area contributed by atoms with Crippen LogP contribution < -0.4 is 15.4 Å². The fraction of sp³-hybridized carbons (Fsp3) is 0.273. The Morgan fingerprint density at radius 2 is 2.00 bits per heavy atom. The molecular formula is C22H21BrN6O2. The van der Waals surface area contributed by atoms with Crippen molar-refractivity contribution in [2.75, 3.05) is 19.0 Å². The molecule has 0 bridgehead atoms. The van der Waals surface area contributed by atoms with Gasteiger partial charge in [-0.05, 0) is 71.6 Å². The summed E-state index contributed by atoms with van der Waals surface area (Å²) in [5.41, 5.74) is 2.31. The molecule has 1 atom stereocenters. The Morgan fingerprint density at radius 3 is 2.81 bits per heavy atom. The van der Waals surface area contributed by atoms with Gasteiger partial charge < -0.3 is 15.4 Å². The first-order valence-corrected chi connectivity index (χ1v) is 11.0. The van der Waals surface area contributed by atoms with Gasteiger partial charge in [0.15, 0.2) is 11.5 Å². The zero-order chi connectivity index (χ0) is 21.4. The first-order valence-electron chi connectivity index (χ1n) is 10.2. The molecule has 2 N–H and O–H groups in total. The molecule has 1 saturated heterocycles. The van der Waals surface area contributed by atoms with Gasteiger partial charge in [-0.15, -0.1) is 5.10 Å². The number of methoxy groups -OCH3 is 1. The summed E-state index contributed by atoms with van der Waals surface area (Å²) in [5, 5.41) is 11.9. The lowest BCUT2D eigenvalue weighted by Gasteiger charge is -2.17. The van der Waals surface area contributed by atoms with Gasteiger partial charge in [0.25, 0.3) is 0 Å². The van der Waals surface area contributed by atoms with Crippen LogP contribution in [0.3, 0.4) is 0 Å². The number of para-hydroxylation sites is 1. The number of aromatic nitrogens is 4. The van der Waals surface area contributed by atoms with Gasteiger partial charge in [-0.1, -0.05) is 6.07 Å². The average molecular weight is 481 g/mol. The second kappa shape index (κ2) is 8.14. The lowest BCUT2D eigenvalue weighted by atomic mass is 10.1. The van der Waals surface area contributed by atoms with Crippen LogP contribution in [0.25, 0.3) is 27.9 Å². The minimum Gasteiger partial charge on any atom is -0.497 e. The van der Waals surface area contributed by atoms with Gasteiger partial charge in [0, 0.05) is 22.0 Å². The number of nitrogens with one attached hydrogen (secondary N) is 2. The van der Waals surface area contributed by atoms with Gasteiger partial charge >= 0.3 is 0 Å². The molecule has 4 aromatic rings. The predicted octanol–water partition coefficient (Wildman–Crippen LogP) is 3.80. The molecule has 5 rings (SSSR count). The standard InChI is InChI=1S/C22H21BrN6O2/c1-31-14-10-8-13(9-11-14)19-27-20-15-5-4-6-16(23)18(15)26-22(29(20)28-19)25-17-7-2-3-12-24-21(17)30/h4-6,8-11,17H,2-3,7,12H2,1H3,(H,24,30)(H,25,26)/t17-/m1/s1. The summed E-state index contributed by atoms with van der Waals surface area (Å²) in [6.07, 6.45) is 2.68. The molecule has 0 unspecified atom stereocenters. The maximum Gasteiger partial charge on any atom is 0.242 e. The quantitative estimate of drug-likeness (QED) is 0.461. The van der Waals surface area contributed by atoms with Crippen molar-refractivity contribution in [3.8, 4) is 17.1 Å². The molecule has 9 heteroatoms. The third-order valence-electron chi connectivity index (χ3n) is 5.44. The Bertz CT molecular complexity index is 1270. The number of halogens is 1. The van der Waals surface area contributed by atoms with Crippen LogP contribution in [0.15, 0.2) is 46.9 Å². The van der Waals surface area contributed by atoms with Crippen molar-refractivity contribution >= 4 is 44.3 Å². The molecule has 0 spiro atoms. The van der Waals surface area contributed by atoms with Crippen LogP contribution in [0, 0.1) is 0 Å². The number of carbonyl (C=O) groups is 1. The number of fused-ring (bicyclic) bond motifs is 3. The van der Waals surface area contributed by atoms with Crippen molar-refractivity contribution in [3.63, 3.8) is 0 Å². The fourth-order valence-corrected chi connectivity index (χ4v) is 4.24. The van der Waals surface area contributed by atoms with Gasteiger partial charge in [-0.25, -0.2) is 9.97 Å². The lowest BCUT2D eigenvalue weighted by Crippen LogP contribution is -2.38. The van der Waals surface area contributed by atoms with E-state index >= 15 is 0 Å². The summed E-state index contributed by atoms with van der Waals surface area (Å²) in [6, 6.07) is 13.1. The maximum atomic E-state index is 12.5. The summed E-state index contributed by atoms with van der Waals surface area (Å²) in [4.78, 5) is 22.1. The Labute approximate surface area is 187 Å². The Kier molecular flexibility index (Phi) is 5.19. The highest BCUT2D eigenvalue weighted by molar-refractivity contribution is 9.10. The number of ether oxygens (including phenoxy) is 1. The highest BCUT2D eigenvalue weighted by Crippen LogP contribution is 2.29. The Morgan fingerprint density at radius 1 is 1.16 bits per heavy atom. The van der Waals surface area contributed by atoms with E-state index in [0.29, 0.717) is 24.0 Å². The maximum absolute atomic E-state index is 12.5. The number of hydrogen-bond donors (Lipinski definition) is 2. The van der Waals surface area contributed by atoms with Gasteiger partial charge in [0.05, 0.1) is 12.6 Å². The number of anilines is 1. The molecule has 1 aliphatic rings. The van der Waals surface area contributed by atoms with Crippen molar-refractivity contribution in [1.82, 2.24) is 24.9 Å². The van der Waals surface area contributed by atoms with Gasteiger partial charge in [-0.2, -0.15) is 4.52 Å². The first kappa shape index (κ1) is 19.7. The lowest BCUT2D eigenvalue weighted by molar-refractivity contribution is -0.121. The molecule has 158 valence electrons. The van der Waals surface area contributed by atoms with E-state index < -0.39 is 0 Å². The molecule has 0 aliphatic carbocycles. The molecule has 1 aliphatic heterocycles. The minimum absolute atomic E-state index is 0.0184. The number of hydrogen-bond acceptors (Lipinski definition) is 6. The number of rotatable bonds is 4. The van der Waals surface area contributed by atoms with Crippen LogP contribution in [0.1, 0.15) is 19.3 Å². The SMILES string of the molecule is COc1ccc(-c2nc3c4cccc(Br)c4nc(N[C@@H]4CCCCNC4=O)n3n2)cc1. The zero-order valence-corrected chi connectivity index (χ0v) is 18.5. The second-order valence-electron chi connectivity index (χ2n) is 7.45. The molecule has 8 nitrogen and oxygen atoms in total. The summed E-state index contributed by atoms with van der Waals surface area (Å²) in [7, 11) is 1.63. The van der Waals surface area contributed by atoms with E-state index in [1.165, 1.54) is 0 Å². The molecule has 2 aromatic carbocycles.